The number of halogens is 1. The molecule has 0 saturated heterocycles. The first-order chi connectivity index (χ1) is 8.56. The fourth-order valence-electron chi connectivity index (χ4n) is 1.41. The summed E-state index contributed by atoms with van der Waals surface area (Å²) >= 11 is 5.84. The number of aromatic nitrogens is 1. The van der Waals surface area contributed by atoms with Gasteiger partial charge in [-0.3, -0.25) is 4.79 Å². The Morgan fingerprint density at radius 2 is 2.33 bits per heavy atom. The maximum Gasteiger partial charge on any atom is 0.251 e. The Bertz CT molecular complexity index is 580. The first kappa shape index (κ1) is 12.4. The van der Waals surface area contributed by atoms with Crippen LogP contribution in [0, 0.1) is 6.92 Å². The molecule has 94 valence electrons. The van der Waals surface area contributed by atoms with Gasteiger partial charge in [-0.25, -0.2) is 4.98 Å². The number of amides is 1. The third-order valence-electron chi connectivity index (χ3n) is 2.33. The third-order valence-corrected chi connectivity index (χ3v) is 2.66. The molecule has 0 unspecified atom stereocenters. The van der Waals surface area contributed by atoms with Crippen LogP contribution in [-0.4, -0.2) is 10.9 Å². The molecular formula is C12H12ClN3O2. The minimum atomic E-state index is -0.257. The number of hydrogen-bond donors (Lipinski definition) is 2. The van der Waals surface area contributed by atoms with Crippen molar-refractivity contribution in [1.82, 2.24) is 10.3 Å². The van der Waals surface area contributed by atoms with E-state index in [9.17, 15) is 4.79 Å². The van der Waals surface area contributed by atoms with Crippen LogP contribution in [-0.2, 0) is 6.54 Å². The molecule has 0 atom stereocenters. The molecule has 0 aliphatic rings. The summed E-state index contributed by atoms with van der Waals surface area (Å²) in [7, 11) is 0. The Labute approximate surface area is 109 Å². The van der Waals surface area contributed by atoms with E-state index in [-0.39, 0.29) is 12.5 Å². The van der Waals surface area contributed by atoms with Crippen molar-refractivity contribution in [3.05, 3.63) is 46.6 Å². The van der Waals surface area contributed by atoms with Gasteiger partial charge in [0.15, 0.2) is 0 Å². The van der Waals surface area contributed by atoms with Gasteiger partial charge in [-0.05, 0) is 25.1 Å². The van der Waals surface area contributed by atoms with Gasteiger partial charge in [0.1, 0.15) is 5.76 Å². The second-order valence-corrected chi connectivity index (χ2v) is 4.19. The zero-order valence-corrected chi connectivity index (χ0v) is 10.5. The van der Waals surface area contributed by atoms with Crippen LogP contribution in [0.4, 0.5) is 5.69 Å². The summed E-state index contributed by atoms with van der Waals surface area (Å²) in [6, 6.07) is 4.72. The highest BCUT2D eigenvalue weighted by Gasteiger charge is 2.09. The number of benzene rings is 1. The Balaban J connectivity index is 2.01. The predicted octanol–water partition coefficient (Wildman–Crippen LogP) is 2.15. The fraction of sp³-hybridized carbons (Fsp3) is 0.167. The molecule has 0 saturated carbocycles. The summed E-state index contributed by atoms with van der Waals surface area (Å²) < 4.78 is 5.24. The number of nitrogens with zero attached hydrogens (tertiary/aromatic N) is 1. The van der Waals surface area contributed by atoms with Gasteiger partial charge >= 0.3 is 0 Å². The SMILES string of the molecule is Cc1cnc(CNC(=O)c2ccc(N)c(Cl)c2)o1. The summed E-state index contributed by atoms with van der Waals surface area (Å²) in [5.74, 6) is 0.907. The summed E-state index contributed by atoms with van der Waals surface area (Å²) in [6.45, 7) is 2.02. The quantitative estimate of drug-likeness (QED) is 0.833. The second kappa shape index (κ2) is 5.10. The molecule has 1 amide bonds. The Kier molecular flexibility index (Phi) is 3.53. The number of oxazole rings is 1. The van der Waals surface area contributed by atoms with Gasteiger partial charge in [-0.1, -0.05) is 11.6 Å². The number of carbonyl (C=O) groups excluding carboxylic acids is 1. The molecule has 2 aromatic rings. The number of rotatable bonds is 3. The van der Waals surface area contributed by atoms with Crippen molar-refractivity contribution < 1.29 is 9.21 Å². The molecule has 0 fully saturated rings. The van der Waals surface area contributed by atoms with E-state index >= 15 is 0 Å². The highest BCUT2D eigenvalue weighted by molar-refractivity contribution is 6.33. The molecule has 5 nitrogen and oxygen atoms in total. The first-order valence-corrected chi connectivity index (χ1v) is 5.68. The van der Waals surface area contributed by atoms with Crippen LogP contribution in [0.15, 0.2) is 28.8 Å². The average Bonchev–Trinajstić information content (AvgIpc) is 2.75. The van der Waals surface area contributed by atoms with E-state index in [4.69, 9.17) is 21.8 Å². The van der Waals surface area contributed by atoms with Crippen molar-refractivity contribution in [2.45, 2.75) is 13.5 Å². The van der Waals surface area contributed by atoms with Crippen molar-refractivity contribution in [2.24, 2.45) is 0 Å². The normalized spacial score (nSPS) is 10.3. The Morgan fingerprint density at radius 1 is 1.56 bits per heavy atom. The van der Waals surface area contributed by atoms with Crippen LogP contribution in [0.1, 0.15) is 22.0 Å². The first-order valence-electron chi connectivity index (χ1n) is 5.31. The lowest BCUT2D eigenvalue weighted by Gasteiger charge is -2.04. The molecule has 1 aromatic carbocycles. The summed E-state index contributed by atoms with van der Waals surface area (Å²) in [5.41, 5.74) is 6.45. The van der Waals surface area contributed by atoms with Gasteiger partial charge in [0, 0.05) is 5.56 Å². The fourth-order valence-corrected chi connectivity index (χ4v) is 1.59. The zero-order chi connectivity index (χ0) is 13.1. The van der Waals surface area contributed by atoms with Gasteiger partial charge in [0.2, 0.25) is 5.89 Å². The molecule has 2 rings (SSSR count). The van der Waals surface area contributed by atoms with E-state index in [1.54, 1.807) is 25.3 Å². The largest absolute Gasteiger partial charge is 0.444 e. The number of carbonyl (C=O) groups is 1. The molecule has 0 spiro atoms. The maximum atomic E-state index is 11.8. The molecule has 18 heavy (non-hydrogen) atoms. The van der Waals surface area contributed by atoms with E-state index in [0.717, 1.165) is 0 Å². The van der Waals surface area contributed by atoms with E-state index < -0.39 is 0 Å². The van der Waals surface area contributed by atoms with Crippen LogP contribution in [0.25, 0.3) is 0 Å². The van der Waals surface area contributed by atoms with Crippen molar-refractivity contribution in [3.63, 3.8) is 0 Å². The topological polar surface area (TPSA) is 81.2 Å². The molecule has 3 N–H and O–H groups in total. The van der Waals surface area contributed by atoms with E-state index in [2.05, 4.69) is 10.3 Å². The van der Waals surface area contributed by atoms with Gasteiger partial charge < -0.3 is 15.5 Å². The molecule has 0 radical (unpaired) electrons. The van der Waals surface area contributed by atoms with Crippen LogP contribution >= 0.6 is 11.6 Å². The van der Waals surface area contributed by atoms with E-state index in [1.165, 1.54) is 6.07 Å². The van der Waals surface area contributed by atoms with Crippen molar-refractivity contribution in [1.29, 1.82) is 0 Å². The number of nitrogens with two attached hydrogens (primary N) is 1. The molecule has 1 aromatic heterocycles. The highest BCUT2D eigenvalue weighted by atomic mass is 35.5. The Hall–Kier alpha value is -2.01. The van der Waals surface area contributed by atoms with Crippen LogP contribution in [0.5, 0.6) is 0 Å². The number of hydrogen-bond acceptors (Lipinski definition) is 4. The van der Waals surface area contributed by atoms with Crippen molar-refractivity contribution in [2.75, 3.05) is 5.73 Å². The van der Waals surface area contributed by atoms with Gasteiger partial charge in [-0.2, -0.15) is 0 Å². The summed E-state index contributed by atoms with van der Waals surface area (Å²) in [6.07, 6.45) is 1.60. The summed E-state index contributed by atoms with van der Waals surface area (Å²) in [5, 5.41) is 3.04. The Morgan fingerprint density at radius 3 is 2.94 bits per heavy atom. The minimum absolute atomic E-state index is 0.231. The van der Waals surface area contributed by atoms with Crippen LogP contribution in [0.3, 0.4) is 0 Å². The summed E-state index contributed by atoms with van der Waals surface area (Å²) in [4.78, 5) is 15.8. The predicted molar refractivity (Wildman–Crippen MR) is 68.3 cm³/mol. The lowest BCUT2D eigenvalue weighted by molar-refractivity contribution is 0.0947. The monoisotopic (exact) mass is 265 g/mol. The van der Waals surface area contributed by atoms with Gasteiger partial charge in [0.05, 0.1) is 23.5 Å². The number of anilines is 1. The molecule has 0 aliphatic heterocycles. The zero-order valence-electron chi connectivity index (χ0n) is 9.74. The smallest absolute Gasteiger partial charge is 0.251 e. The second-order valence-electron chi connectivity index (χ2n) is 3.78. The van der Waals surface area contributed by atoms with Gasteiger partial charge in [0.25, 0.3) is 5.91 Å². The maximum absolute atomic E-state index is 11.8. The molecular weight excluding hydrogens is 254 g/mol. The van der Waals surface area contributed by atoms with E-state index in [0.29, 0.717) is 27.9 Å². The van der Waals surface area contributed by atoms with Crippen LogP contribution < -0.4 is 11.1 Å². The average molecular weight is 266 g/mol. The number of nitrogens with one attached hydrogen (secondary N) is 1. The lowest BCUT2D eigenvalue weighted by Crippen LogP contribution is -2.22. The standard InChI is InChI=1S/C12H12ClN3O2/c1-7-5-15-11(18-7)6-16-12(17)8-2-3-10(14)9(13)4-8/h2-5H,6,14H2,1H3,(H,16,17). The lowest BCUT2D eigenvalue weighted by atomic mass is 10.2. The molecule has 1 heterocycles. The molecule has 0 aliphatic carbocycles. The van der Waals surface area contributed by atoms with Gasteiger partial charge in [-0.15, -0.1) is 0 Å². The molecule has 0 bridgehead atoms. The van der Waals surface area contributed by atoms with Crippen LogP contribution in [0.2, 0.25) is 5.02 Å². The van der Waals surface area contributed by atoms with Crippen molar-refractivity contribution >= 4 is 23.2 Å². The number of nitrogen functional groups attached to an aromatic ring is 1. The highest BCUT2D eigenvalue weighted by Crippen LogP contribution is 2.19. The van der Waals surface area contributed by atoms with Crippen molar-refractivity contribution in [3.8, 4) is 0 Å². The minimum Gasteiger partial charge on any atom is -0.444 e. The van der Waals surface area contributed by atoms with E-state index in [1.807, 2.05) is 0 Å². The number of aryl methyl sites for hydroxylation is 1. The molecule has 6 heteroatoms. The third kappa shape index (κ3) is 2.81.